The Morgan fingerprint density at radius 2 is 1.76 bits per heavy atom. The van der Waals surface area contributed by atoms with Gasteiger partial charge in [0.2, 0.25) is 0 Å². The molecule has 4 rings (SSSR count). The second-order valence-corrected chi connectivity index (χ2v) is 10.7. The number of fused-ring (bicyclic) bond motifs is 1. The van der Waals surface area contributed by atoms with Crippen LogP contribution in [0.5, 0.6) is 0 Å². The number of carboxylic acid groups (broad SMARTS) is 1. The molecule has 178 valence electrons. The Morgan fingerprint density at radius 3 is 2.38 bits per heavy atom. The largest absolute Gasteiger partial charge is 0.480 e. The van der Waals surface area contributed by atoms with Gasteiger partial charge < -0.3 is 9.67 Å². The number of aromatic nitrogens is 2. The van der Waals surface area contributed by atoms with Crippen molar-refractivity contribution < 1.29 is 23.1 Å². The maximum atomic E-state index is 12.8. The van der Waals surface area contributed by atoms with Gasteiger partial charge in [0, 0.05) is 38.2 Å². The highest BCUT2D eigenvalue weighted by Crippen LogP contribution is 2.37. The molecule has 0 aliphatic rings. The van der Waals surface area contributed by atoms with Crippen LogP contribution in [-0.4, -0.2) is 20.6 Å². The van der Waals surface area contributed by atoms with Gasteiger partial charge >= 0.3 is 12.1 Å². The first-order chi connectivity index (χ1) is 15.9. The molecule has 4 nitrogen and oxygen atoms in total. The molecule has 0 aliphatic heterocycles. The topological polar surface area (TPSA) is 55.1 Å². The van der Waals surface area contributed by atoms with E-state index in [1.165, 1.54) is 23.5 Å². The minimum absolute atomic E-state index is 0.664. The molecular formula is C25H23F3N2O2S2. The number of aryl methyl sites for hydroxylation is 2. The summed E-state index contributed by atoms with van der Waals surface area (Å²) in [5, 5.41) is 11.3. The zero-order valence-corrected chi connectivity index (χ0v) is 20.7. The second kappa shape index (κ2) is 8.78. The molecular weight excluding hydrogens is 481 g/mol. The number of halogens is 3. The fourth-order valence-corrected chi connectivity index (χ4v) is 5.98. The number of alkyl halides is 3. The third-order valence-electron chi connectivity index (χ3n) is 5.93. The van der Waals surface area contributed by atoms with Gasteiger partial charge in [-0.05, 0) is 63.6 Å². The van der Waals surface area contributed by atoms with Crippen LogP contribution in [0.1, 0.15) is 35.5 Å². The van der Waals surface area contributed by atoms with Gasteiger partial charge in [-0.3, -0.25) is 0 Å². The second-order valence-electron chi connectivity index (χ2n) is 8.56. The molecule has 0 radical (unpaired) electrons. The zero-order chi connectivity index (χ0) is 24.8. The van der Waals surface area contributed by atoms with Crippen molar-refractivity contribution in [3.63, 3.8) is 0 Å². The van der Waals surface area contributed by atoms with Crippen molar-refractivity contribution in [2.75, 3.05) is 0 Å². The third kappa shape index (κ3) is 4.46. The lowest BCUT2D eigenvalue weighted by molar-refractivity contribution is -0.145. The van der Waals surface area contributed by atoms with Crippen molar-refractivity contribution in [2.45, 2.75) is 50.1 Å². The molecule has 0 saturated carbocycles. The molecule has 1 N–H and O–H groups in total. The molecule has 0 saturated heterocycles. The Morgan fingerprint density at radius 1 is 1.09 bits per heavy atom. The highest BCUT2D eigenvalue weighted by atomic mass is 32.2. The molecule has 0 fully saturated rings. The summed E-state index contributed by atoms with van der Waals surface area (Å²) in [6, 6.07) is 11.0. The summed E-state index contributed by atoms with van der Waals surface area (Å²) in [5.41, 5.74) is 1.74. The van der Waals surface area contributed by atoms with Crippen molar-refractivity contribution in [1.29, 1.82) is 0 Å². The first-order valence-electron chi connectivity index (χ1n) is 10.5. The average molecular weight is 505 g/mol. The summed E-state index contributed by atoms with van der Waals surface area (Å²) in [6.45, 7) is 7.28. The van der Waals surface area contributed by atoms with Gasteiger partial charge in [-0.2, -0.15) is 13.2 Å². The Labute approximate surface area is 203 Å². The van der Waals surface area contributed by atoms with E-state index in [9.17, 15) is 23.1 Å². The summed E-state index contributed by atoms with van der Waals surface area (Å²) in [5.74, 6) is -0.219. The number of carbonyl (C=O) groups is 1. The lowest BCUT2D eigenvalue weighted by Gasteiger charge is -2.23. The molecule has 0 bridgehead atoms. The molecule has 2 heterocycles. The highest BCUT2D eigenvalue weighted by Gasteiger charge is 2.31. The Kier molecular flexibility index (Phi) is 6.29. The first kappa shape index (κ1) is 24.3. The number of carboxylic acids is 1. The average Bonchev–Trinajstić information content (AvgIpc) is 3.37. The van der Waals surface area contributed by atoms with E-state index in [4.69, 9.17) is 0 Å². The van der Waals surface area contributed by atoms with Gasteiger partial charge in [0.15, 0.2) is 0 Å². The number of hydrogen-bond donors (Lipinski definition) is 1. The van der Waals surface area contributed by atoms with Crippen LogP contribution >= 0.6 is 23.1 Å². The van der Waals surface area contributed by atoms with E-state index in [1.807, 2.05) is 38.2 Å². The molecule has 2 aromatic carbocycles. The monoisotopic (exact) mass is 504 g/mol. The molecule has 2 aromatic heterocycles. The third-order valence-corrected chi connectivity index (χ3v) is 8.50. The normalized spacial score (nSPS) is 12.4. The Bertz CT molecular complexity index is 1370. The molecule has 9 heteroatoms. The predicted molar refractivity (Wildman–Crippen MR) is 130 cm³/mol. The van der Waals surface area contributed by atoms with Gasteiger partial charge in [0.25, 0.3) is 0 Å². The molecule has 0 atom stereocenters. The SMILES string of the molecule is Cc1nc(-c2ccc(C(F)(F)F)cc2)sc1CSc1ccc2c(ccn2C(C)(C)C(=O)O)c1C. The van der Waals surface area contributed by atoms with E-state index in [0.717, 1.165) is 44.1 Å². The highest BCUT2D eigenvalue weighted by molar-refractivity contribution is 7.98. The van der Waals surface area contributed by atoms with Crippen LogP contribution in [0.15, 0.2) is 53.6 Å². The van der Waals surface area contributed by atoms with E-state index in [1.54, 1.807) is 30.2 Å². The molecule has 34 heavy (non-hydrogen) atoms. The summed E-state index contributed by atoms with van der Waals surface area (Å²) in [4.78, 5) is 18.4. The predicted octanol–water partition coefficient (Wildman–Crippen LogP) is 7.51. The van der Waals surface area contributed by atoms with Gasteiger partial charge in [-0.15, -0.1) is 23.1 Å². The van der Waals surface area contributed by atoms with Crippen LogP contribution < -0.4 is 0 Å². The van der Waals surface area contributed by atoms with Gasteiger partial charge in [0.05, 0.1) is 11.3 Å². The van der Waals surface area contributed by atoms with Gasteiger partial charge in [-0.25, -0.2) is 9.78 Å². The van der Waals surface area contributed by atoms with E-state index in [0.29, 0.717) is 16.3 Å². The Balaban J connectivity index is 1.55. The van der Waals surface area contributed by atoms with Gasteiger partial charge in [-0.1, -0.05) is 12.1 Å². The summed E-state index contributed by atoms with van der Waals surface area (Å²) in [6.07, 6.45) is -2.55. The van der Waals surface area contributed by atoms with Crippen LogP contribution in [0.2, 0.25) is 0 Å². The van der Waals surface area contributed by atoms with E-state index < -0.39 is 23.2 Å². The number of rotatable bonds is 6. The molecule has 0 aliphatic carbocycles. The lowest BCUT2D eigenvalue weighted by Crippen LogP contribution is -2.34. The van der Waals surface area contributed by atoms with Crippen LogP contribution in [0.3, 0.4) is 0 Å². The smallest absolute Gasteiger partial charge is 0.416 e. The van der Waals surface area contributed by atoms with Crippen molar-refractivity contribution in [2.24, 2.45) is 0 Å². The standard InChI is InChI=1S/C25H23F3N2O2S2/c1-14-18-11-12-30(24(3,4)23(31)32)19(18)9-10-20(14)33-13-21-15(2)29-22(34-21)16-5-7-17(8-6-16)25(26,27)28/h5-12H,13H2,1-4H3,(H,31,32). The quantitative estimate of drug-likeness (QED) is 0.276. The van der Waals surface area contributed by atoms with E-state index >= 15 is 0 Å². The van der Waals surface area contributed by atoms with Crippen molar-refractivity contribution >= 4 is 40.0 Å². The summed E-state index contributed by atoms with van der Waals surface area (Å²) < 4.78 is 40.3. The van der Waals surface area contributed by atoms with Gasteiger partial charge in [0.1, 0.15) is 10.5 Å². The molecule has 0 unspecified atom stereocenters. The zero-order valence-electron chi connectivity index (χ0n) is 19.0. The van der Waals surface area contributed by atoms with Crippen molar-refractivity contribution in [3.8, 4) is 10.6 Å². The molecule has 4 aromatic rings. The summed E-state index contributed by atoms with van der Waals surface area (Å²) >= 11 is 3.15. The maximum absolute atomic E-state index is 12.8. The van der Waals surface area contributed by atoms with E-state index in [-0.39, 0.29) is 0 Å². The van der Waals surface area contributed by atoms with Crippen molar-refractivity contribution in [1.82, 2.24) is 9.55 Å². The van der Waals surface area contributed by atoms with Crippen molar-refractivity contribution in [3.05, 3.63) is 70.4 Å². The molecule has 0 spiro atoms. The number of aliphatic carboxylic acids is 1. The van der Waals surface area contributed by atoms with Crippen LogP contribution in [0.25, 0.3) is 21.5 Å². The number of thioether (sulfide) groups is 1. The van der Waals surface area contributed by atoms with Crippen LogP contribution in [0.4, 0.5) is 13.2 Å². The number of nitrogens with zero attached hydrogens (tertiary/aromatic N) is 2. The maximum Gasteiger partial charge on any atom is 0.416 e. The fourth-order valence-electron chi connectivity index (χ4n) is 3.72. The Hall–Kier alpha value is -2.78. The minimum atomic E-state index is -4.36. The van der Waals surface area contributed by atoms with Crippen LogP contribution in [-0.2, 0) is 22.3 Å². The van der Waals surface area contributed by atoms with Crippen LogP contribution in [0, 0.1) is 13.8 Å². The lowest BCUT2D eigenvalue weighted by atomic mass is 10.1. The number of hydrogen-bond acceptors (Lipinski definition) is 4. The summed E-state index contributed by atoms with van der Waals surface area (Å²) in [7, 11) is 0. The van der Waals surface area contributed by atoms with E-state index in [2.05, 4.69) is 4.98 Å². The number of benzene rings is 2. The minimum Gasteiger partial charge on any atom is -0.480 e. The fraction of sp³-hybridized carbons (Fsp3) is 0.280. The molecule has 0 amide bonds. The number of thiazole rings is 1. The first-order valence-corrected chi connectivity index (χ1v) is 12.3.